The Morgan fingerprint density at radius 3 is 2.38 bits per heavy atom. The van der Waals surface area contributed by atoms with Gasteiger partial charge in [-0.2, -0.15) is 0 Å². The van der Waals surface area contributed by atoms with Crippen LogP contribution in [0.3, 0.4) is 0 Å². The largest absolute Gasteiger partial charge is 0.352 e. The van der Waals surface area contributed by atoms with Crippen molar-refractivity contribution in [2.75, 3.05) is 0 Å². The maximum atomic E-state index is 13.4. The van der Waals surface area contributed by atoms with Crippen molar-refractivity contribution in [2.24, 2.45) is 0 Å². The minimum absolute atomic E-state index is 0.106. The second-order valence-corrected chi connectivity index (χ2v) is 7.12. The molecule has 1 aliphatic rings. The number of carbonyl (C=O) groups excluding carboxylic acids is 2. The molecule has 0 fully saturated rings. The molecule has 0 saturated heterocycles. The van der Waals surface area contributed by atoms with E-state index < -0.39 is 6.04 Å². The Labute approximate surface area is 169 Å². The molecule has 1 aliphatic heterocycles. The van der Waals surface area contributed by atoms with Crippen LogP contribution in [0.4, 0.5) is 4.39 Å². The van der Waals surface area contributed by atoms with Gasteiger partial charge in [0, 0.05) is 18.7 Å². The summed E-state index contributed by atoms with van der Waals surface area (Å²) in [5.41, 5.74) is 3.34. The van der Waals surface area contributed by atoms with Crippen LogP contribution in [0.5, 0.6) is 0 Å². The lowest BCUT2D eigenvalue weighted by molar-refractivity contribution is -0.122. The van der Waals surface area contributed by atoms with E-state index in [1.807, 2.05) is 48.5 Å². The van der Waals surface area contributed by atoms with Crippen molar-refractivity contribution in [3.05, 3.63) is 107 Å². The quantitative estimate of drug-likeness (QED) is 0.687. The van der Waals surface area contributed by atoms with Gasteiger partial charge in [-0.25, -0.2) is 4.39 Å². The molecule has 146 valence electrons. The first-order valence-electron chi connectivity index (χ1n) is 9.57. The average Bonchev–Trinajstić information content (AvgIpc) is 3.08. The van der Waals surface area contributed by atoms with Crippen LogP contribution >= 0.6 is 0 Å². The average molecular weight is 388 g/mol. The van der Waals surface area contributed by atoms with Crippen molar-refractivity contribution < 1.29 is 14.0 Å². The number of carbonyl (C=O) groups is 2. The highest BCUT2D eigenvalue weighted by Crippen LogP contribution is 2.33. The zero-order chi connectivity index (χ0) is 20.2. The molecule has 0 saturated carbocycles. The summed E-state index contributed by atoms with van der Waals surface area (Å²) in [6.45, 7) is 0.854. The number of fused-ring (bicyclic) bond motifs is 1. The molecule has 0 bridgehead atoms. The second kappa shape index (κ2) is 8.27. The summed E-state index contributed by atoms with van der Waals surface area (Å²) < 4.78 is 13.4. The zero-order valence-electron chi connectivity index (χ0n) is 15.8. The summed E-state index contributed by atoms with van der Waals surface area (Å²) in [6, 6.07) is 22.6. The van der Waals surface area contributed by atoms with Gasteiger partial charge in [-0.15, -0.1) is 0 Å². The number of hydrogen-bond acceptors (Lipinski definition) is 2. The number of benzene rings is 3. The SMILES string of the molecule is O=C(C[C@@H](c1ccc(F)cc1)N1Cc2ccccc2C1=O)NCc1ccccc1. The van der Waals surface area contributed by atoms with Gasteiger partial charge >= 0.3 is 0 Å². The fourth-order valence-electron chi connectivity index (χ4n) is 3.67. The molecule has 0 unspecified atom stereocenters. The van der Waals surface area contributed by atoms with E-state index in [0.717, 1.165) is 16.7 Å². The maximum Gasteiger partial charge on any atom is 0.255 e. The third-order valence-corrected chi connectivity index (χ3v) is 5.19. The third kappa shape index (κ3) is 4.19. The van der Waals surface area contributed by atoms with Crippen LogP contribution in [0.25, 0.3) is 0 Å². The monoisotopic (exact) mass is 388 g/mol. The molecule has 1 atom stereocenters. The molecule has 5 heteroatoms. The van der Waals surface area contributed by atoms with Gasteiger partial charge in [-0.3, -0.25) is 9.59 Å². The van der Waals surface area contributed by atoms with Crippen LogP contribution in [-0.4, -0.2) is 16.7 Å². The summed E-state index contributed by atoms with van der Waals surface area (Å²) >= 11 is 0. The van der Waals surface area contributed by atoms with Gasteiger partial charge in [-0.1, -0.05) is 60.7 Å². The van der Waals surface area contributed by atoms with E-state index in [0.29, 0.717) is 18.7 Å². The van der Waals surface area contributed by atoms with E-state index in [2.05, 4.69) is 5.32 Å². The molecule has 0 radical (unpaired) electrons. The van der Waals surface area contributed by atoms with Crippen molar-refractivity contribution in [1.29, 1.82) is 0 Å². The zero-order valence-corrected chi connectivity index (χ0v) is 15.8. The molecule has 4 rings (SSSR count). The molecule has 3 aromatic carbocycles. The van der Waals surface area contributed by atoms with Crippen molar-refractivity contribution in [2.45, 2.75) is 25.6 Å². The molecular formula is C24H21FN2O2. The van der Waals surface area contributed by atoms with Gasteiger partial charge in [0.15, 0.2) is 0 Å². The first kappa shape index (κ1) is 18.9. The molecule has 1 N–H and O–H groups in total. The molecule has 0 aliphatic carbocycles. The van der Waals surface area contributed by atoms with E-state index in [1.54, 1.807) is 23.1 Å². The second-order valence-electron chi connectivity index (χ2n) is 7.12. The van der Waals surface area contributed by atoms with Crippen molar-refractivity contribution in [3.8, 4) is 0 Å². The van der Waals surface area contributed by atoms with Crippen LogP contribution in [0.2, 0.25) is 0 Å². The lowest BCUT2D eigenvalue weighted by atomic mass is 10.0. The van der Waals surface area contributed by atoms with Gasteiger partial charge in [0.05, 0.1) is 12.5 Å². The van der Waals surface area contributed by atoms with Crippen LogP contribution < -0.4 is 5.32 Å². The Bertz CT molecular complexity index is 1020. The molecule has 29 heavy (non-hydrogen) atoms. The van der Waals surface area contributed by atoms with Gasteiger partial charge in [0.2, 0.25) is 5.91 Å². The van der Waals surface area contributed by atoms with Gasteiger partial charge in [0.25, 0.3) is 5.91 Å². The van der Waals surface area contributed by atoms with E-state index in [1.165, 1.54) is 12.1 Å². The number of amides is 2. The summed E-state index contributed by atoms with van der Waals surface area (Å²) in [6.07, 6.45) is 0.109. The minimum Gasteiger partial charge on any atom is -0.352 e. The van der Waals surface area contributed by atoms with Crippen molar-refractivity contribution in [1.82, 2.24) is 10.2 Å². The Morgan fingerprint density at radius 2 is 1.66 bits per heavy atom. The summed E-state index contributed by atoms with van der Waals surface area (Å²) in [5.74, 6) is -0.616. The Hall–Kier alpha value is -3.47. The molecular weight excluding hydrogens is 367 g/mol. The summed E-state index contributed by atoms with van der Waals surface area (Å²) in [5, 5.41) is 2.92. The normalized spacial score (nSPS) is 13.8. The molecule has 4 nitrogen and oxygen atoms in total. The lowest BCUT2D eigenvalue weighted by Crippen LogP contribution is -2.34. The molecule has 1 heterocycles. The summed E-state index contributed by atoms with van der Waals surface area (Å²) in [4.78, 5) is 27.3. The Kier molecular flexibility index (Phi) is 5.38. The molecule has 0 spiro atoms. The van der Waals surface area contributed by atoms with E-state index in [-0.39, 0.29) is 24.1 Å². The van der Waals surface area contributed by atoms with E-state index in [4.69, 9.17) is 0 Å². The maximum absolute atomic E-state index is 13.4. The number of rotatable bonds is 6. The van der Waals surface area contributed by atoms with Crippen molar-refractivity contribution in [3.63, 3.8) is 0 Å². The number of halogens is 1. The van der Waals surface area contributed by atoms with Gasteiger partial charge in [0.1, 0.15) is 5.82 Å². The van der Waals surface area contributed by atoms with Crippen LogP contribution in [0, 0.1) is 5.82 Å². The molecule has 3 aromatic rings. The smallest absolute Gasteiger partial charge is 0.255 e. The fraction of sp³-hybridized carbons (Fsp3) is 0.167. The minimum atomic E-state index is -0.466. The predicted octanol–water partition coefficient (Wildman–Crippen LogP) is 4.23. The fourth-order valence-corrected chi connectivity index (χ4v) is 3.67. The molecule has 2 amide bonds. The van der Waals surface area contributed by atoms with Crippen LogP contribution in [0.1, 0.15) is 39.5 Å². The van der Waals surface area contributed by atoms with Gasteiger partial charge < -0.3 is 10.2 Å². The first-order valence-corrected chi connectivity index (χ1v) is 9.57. The predicted molar refractivity (Wildman–Crippen MR) is 108 cm³/mol. The third-order valence-electron chi connectivity index (χ3n) is 5.19. The molecule has 0 aromatic heterocycles. The first-order chi connectivity index (χ1) is 14.1. The summed E-state index contributed by atoms with van der Waals surface area (Å²) in [7, 11) is 0. The number of nitrogens with zero attached hydrogens (tertiary/aromatic N) is 1. The standard InChI is InChI=1S/C24H21FN2O2/c25-20-12-10-18(11-13-20)22(14-23(28)26-15-17-6-2-1-3-7-17)27-16-19-8-4-5-9-21(19)24(27)29/h1-13,22H,14-16H2,(H,26,28)/t22-/m0/s1. The van der Waals surface area contributed by atoms with Crippen LogP contribution in [-0.2, 0) is 17.9 Å². The number of nitrogens with one attached hydrogen (secondary N) is 1. The van der Waals surface area contributed by atoms with Crippen LogP contribution in [0.15, 0.2) is 78.9 Å². The Balaban J connectivity index is 1.54. The van der Waals surface area contributed by atoms with E-state index in [9.17, 15) is 14.0 Å². The van der Waals surface area contributed by atoms with Gasteiger partial charge in [-0.05, 0) is 34.9 Å². The topological polar surface area (TPSA) is 49.4 Å². The van der Waals surface area contributed by atoms with E-state index >= 15 is 0 Å². The highest BCUT2D eigenvalue weighted by atomic mass is 19.1. The lowest BCUT2D eigenvalue weighted by Gasteiger charge is -2.28. The highest BCUT2D eigenvalue weighted by Gasteiger charge is 2.34. The number of hydrogen-bond donors (Lipinski definition) is 1. The highest BCUT2D eigenvalue weighted by molar-refractivity contribution is 5.98. The van der Waals surface area contributed by atoms with Crippen molar-refractivity contribution >= 4 is 11.8 Å². The Morgan fingerprint density at radius 1 is 0.966 bits per heavy atom.